The molecule has 0 spiro atoms. The number of pyridine rings is 2. The number of fused-ring (bicyclic) bond motifs is 1. The summed E-state index contributed by atoms with van der Waals surface area (Å²) in [6.45, 7) is 2.15. The Morgan fingerprint density at radius 1 is 1.12 bits per heavy atom. The molecule has 3 aromatic rings. The molecular weight excluding hydrogens is 312 g/mol. The molecule has 0 unspecified atom stereocenters. The minimum atomic E-state index is 0.545. The van der Waals surface area contributed by atoms with Crippen molar-refractivity contribution in [1.29, 1.82) is 0 Å². The van der Waals surface area contributed by atoms with Crippen LogP contribution in [0.1, 0.15) is 24.0 Å². The molecule has 2 N–H and O–H groups in total. The van der Waals surface area contributed by atoms with Crippen molar-refractivity contribution in [2.24, 2.45) is 0 Å². The molecule has 4 rings (SSSR count). The van der Waals surface area contributed by atoms with Crippen LogP contribution in [0, 0.1) is 0 Å². The second-order valence-electron chi connectivity index (χ2n) is 6.44. The van der Waals surface area contributed by atoms with Gasteiger partial charge in [0, 0.05) is 36.4 Å². The van der Waals surface area contributed by atoms with E-state index in [0.717, 1.165) is 53.9 Å². The van der Waals surface area contributed by atoms with Gasteiger partial charge in [0.1, 0.15) is 5.82 Å². The third-order valence-corrected chi connectivity index (χ3v) is 4.75. The normalized spacial score (nSPS) is 15.9. The van der Waals surface area contributed by atoms with Crippen LogP contribution in [0.2, 0.25) is 0 Å². The van der Waals surface area contributed by atoms with E-state index in [1.54, 1.807) is 6.20 Å². The molecule has 128 valence electrons. The van der Waals surface area contributed by atoms with Gasteiger partial charge in [-0.3, -0.25) is 5.10 Å². The zero-order chi connectivity index (χ0) is 17.1. The van der Waals surface area contributed by atoms with Crippen molar-refractivity contribution in [1.82, 2.24) is 25.5 Å². The van der Waals surface area contributed by atoms with Crippen molar-refractivity contribution >= 4 is 29.0 Å². The number of H-pyrrole nitrogens is 1. The Balaban J connectivity index is 1.56. The van der Waals surface area contributed by atoms with Gasteiger partial charge >= 0.3 is 0 Å². The lowest BCUT2D eigenvalue weighted by atomic mass is 10.1. The van der Waals surface area contributed by atoms with E-state index in [1.807, 2.05) is 24.5 Å². The van der Waals surface area contributed by atoms with Gasteiger partial charge < -0.3 is 10.2 Å². The molecule has 0 atom stereocenters. The molecule has 0 aliphatic carbocycles. The van der Waals surface area contributed by atoms with E-state index in [-0.39, 0.29) is 0 Å². The van der Waals surface area contributed by atoms with Crippen molar-refractivity contribution < 1.29 is 0 Å². The fourth-order valence-corrected chi connectivity index (χ4v) is 3.23. The molecule has 1 aliphatic rings. The van der Waals surface area contributed by atoms with Crippen molar-refractivity contribution in [2.45, 2.75) is 18.9 Å². The maximum Gasteiger partial charge on any atom is 0.161 e. The number of anilines is 1. The lowest BCUT2D eigenvalue weighted by Crippen LogP contribution is -2.41. The number of aromatic nitrogens is 4. The largest absolute Gasteiger partial charge is 0.357 e. The molecule has 0 amide bonds. The number of aromatic amines is 1. The quantitative estimate of drug-likeness (QED) is 0.768. The molecule has 0 aromatic carbocycles. The summed E-state index contributed by atoms with van der Waals surface area (Å²) in [6, 6.07) is 6.86. The van der Waals surface area contributed by atoms with Crippen LogP contribution >= 0.6 is 0 Å². The first-order valence-corrected chi connectivity index (χ1v) is 8.67. The summed E-state index contributed by atoms with van der Waals surface area (Å²) in [6.07, 6.45) is 11.9. The van der Waals surface area contributed by atoms with Crippen LogP contribution < -0.4 is 10.2 Å². The van der Waals surface area contributed by atoms with E-state index in [2.05, 4.69) is 50.6 Å². The fraction of sp³-hybridized carbons (Fsp3) is 0.316. The molecule has 3 aromatic heterocycles. The van der Waals surface area contributed by atoms with Crippen molar-refractivity contribution in [3.63, 3.8) is 0 Å². The SMILES string of the molecule is CN(c1ccc2cc(C=Cc3cn[nH]c3)cnc2n1)C1CCNCC1. The highest BCUT2D eigenvalue weighted by Crippen LogP contribution is 2.21. The smallest absolute Gasteiger partial charge is 0.161 e. The summed E-state index contributed by atoms with van der Waals surface area (Å²) in [5.41, 5.74) is 2.88. The molecule has 4 heterocycles. The molecule has 1 fully saturated rings. The lowest BCUT2D eigenvalue weighted by Gasteiger charge is -2.32. The predicted octanol–water partition coefficient (Wildman–Crippen LogP) is 2.71. The Hall–Kier alpha value is -2.73. The fourth-order valence-electron chi connectivity index (χ4n) is 3.23. The van der Waals surface area contributed by atoms with E-state index in [0.29, 0.717) is 6.04 Å². The Kier molecular flexibility index (Phi) is 4.43. The maximum absolute atomic E-state index is 4.76. The highest BCUT2D eigenvalue weighted by atomic mass is 15.2. The van der Waals surface area contributed by atoms with Crippen molar-refractivity contribution in [3.8, 4) is 0 Å². The van der Waals surface area contributed by atoms with E-state index < -0.39 is 0 Å². The van der Waals surface area contributed by atoms with E-state index in [1.165, 1.54) is 0 Å². The minimum Gasteiger partial charge on any atom is -0.357 e. The Morgan fingerprint density at radius 2 is 1.96 bits per heavy atom. The van der Waals surface area contributed by atoms with E-state index in [9.17, 15) is 0 Å². The summed E-state index contributed by atoms with van der Waals surface area (Å²) >= 11 is 0. The zero-order valence-corrected chi connectivity index (χ0v) is 14.3. The van der Waals surface area contributed by atoms with Crippen molar-refractivity contribution in [2.75, 3.05) is 25.0 Å². The topological polar surface area (TPSA) is 69.7 Å². The number of rotatable bonds is 4. The molecule has 25 heavy (non-hydrogen) atoms. The Labute approximate surface area is 147 Å². The summed E-state index contributed by atoms with van der Waals surface area (Å²) in [5.74, 6) is 0.994. The van der Waals surface area contributed by atoms with Gasteiger partial charge in [0.25, 0.3) is 0 Å². The highest BCUT2D eigenvalue weighted by Gasteiger charge is 2.19. The number of hydrogen-bond acceptors (Lipinski definition) is 5. The summed E-state index contributed by atoms with van der Waals surface area (Å²) in [7, 11) is 2.13. The Bertz CT molecular complexity index is 865. The van der Waals surface area contributed by atoms with Crippen LogP contribution in [-0.2, 0) is 0 Å². The average Bonchev–Trinajstić information content (AvgIpc) is 3.19. The van der Waals surface area contributed by atoms with Gasteiger partial charge in [0.2, 0.25) is 0 Å². The van der Waals surface area contributed by atoms with Gasteiger partial charge in [-0.15, -0.1) is 0 Å². The molecule has 6 heteroatoms. The first kappa shape index (κ1) is 15.8. The minimum absolute atomic E-state index is 0.545. The molecule has 0 saturated carbocycles. The number of hydrogen-bond donors (Lipinski definition) is 2. The van der Waals surface area contributed by atoms with Crippen LogP contribution in [0.25, 0.3) is 23.2 Å². The lowest BCUT2D eigenvalue weighted by molar-refractivity contribution is 0.442. The number of nitrogens with zero attached hydrogens (tertiary/aromatic N) is 4. The summed E-state index contributed by atoms with van der Waals surface area (Å²) in [5, 5.41) is 11.2. The van der Waals surface area contributed by atoms with E-state index in [4.69, 9.17) is 4.98 Å². The van der Waals surface area contributed by atoms with Gasteiger partial charge in [-0.2, -0.15) is 5.10 Å². The molecular formula is C19H22N6. The van der Waals surface area contributed by atoms with Gasteiger partial charge in [-0.1, -0.05) is 12.2 Å². The first-order valence-electron chi connectivity index (χ1n) is 8.67. The summed E-state index contributed by atoms with van der Waals surface area (Å²) < 4.78 is 0. The first-order chi connectivity index (χ1) is 12.3. The molecule has 1 saturated heterocycles. The zero-order valence-electron chi connectivity index (χ0n) is 14.3. The summed E-state index contributed by atoms with van der Waals surface area (Å²) in [4.78, 5) is 11.6. The third kappa shape index (κ3) is 3.53. The molecule has 0 radical (unpaired) electrons. The molecule has 1 aliphatic heterocycles. The number of nitrogens with one attached hydrogen (secondary N) is 2. The van der Waals surface area contributed by atoms with Crippen LogP contribution in [0.3, 0.4) is 0 Å². The second-order valence-corrected chi connectivity index (χ2v) is 6.44. The maximum atomic E-state index is 4.76. The van der Waals surface area contributed by atoms with E-state index >= 15 is 0 Å². The van der Waals surface area contributed by atoms with Crippen molar-refractivity contribution in [3.05, 3.63) is 47.9 Å². The second kappa shape index (κ2) is 7.03. The average molecular weight is 334 g/mol. The molecule has 6 nitrogen and oxygen atoms in total. The monoisotopic (exact) mass is 334 g/mol. The number of piperidine rings is 1. The van der Waals surface area contributed by atoms with Crippen LogP contribution in [0.4, 0.5) is 5.82 Å². The molecule has 0 bridgehead atoms. The van der Waals surface area contributed by atoms with Gasteiger partial charge in [-0.25, -0.2) is 9.97 Å². The predicted molar refractivity (Wildman–Crippen MR) is 101 cm³/mol. The highest BCUT2D eigenvalue weighted by molar-refractivity contribution is 5.81. The van der Waals surface area contributed by atoms with Gasteiger partial charge in [0.05, 0.1) is 6.20 Å². The Morgan fingerprint density at radius 3 is 2.76 bits per heavy atom. The van der Waals surface area contributed by atoms with Crippen LogP contribution in [0.15, 0.2) is 36.8 Å². The third-order valence-electron chi connectivity index (χ3n) is 4.75. The van der Waals surface area contributed by atoms with Crippen LogP contribution in [0.5, 0.6) is 0 Å². The van der Waals surface area contributed by atoms with Crippen LogP contribution in [-0.4, -0.2) is 46.3 Å². The van der Waals surface area contributed by atoms with Gasteiger partial charge in [-0.05, 0) is 49.7 Å². The van der Waals surface area contributed by atoms with Gasteiger partial charge in [0.15, 0.2) is 5.65 Å². The standard InChI is InChI=1S/C19H22N6/c1-25(17-6-8-20-9-7-17)18-5-4-16-10-14(11-21-19(16)24-18)2-3-15-12-22-23-13-15/h2-5,10-13,17,20H,6-9H2,1H3,(H,22,23).